The molecule has 2 fully saturated rings. The van der Waals surface area contributed by atoms with E-state index in [0.717, 1.165) is 0 Å². The van der Waals surface area contributed by atoms with Gasteiger partial charge in [-0.15, -0.1) is 0 Å². The molecule has 0 saturated carbocycles. The van der Waals surface area contributed by atoms with Gasteiger partial charge in [0.15, 0.2) is 0 Å². The predicted octanol–water partition coefficient (Wildman–Crippen LogP) is 0.185. The fourth-order valence-electron chi connectivity index (χ4n) is 3.04. The van der Waals surface area contributed by atoms with Crippen LogP contribution in [-0.4, -0.2) is 62.3 Å². The van der Waals surface area contributed by atoms with Crippen LogP contribution < -0.4 is 5.32 Å². The predicted molar refractivity (Wildman–Crippen MR) is 86.2 cm³/mol. The van der Waals surface area contributed by atoms with Crippen molar-refractivity contribution in [3.8, 4) is 0 Å². The highest BCUT2D eigenvalue weighted by Gasteiger charge is 2.36. The summed E-state index contributed by atoms with van der Waals surface area (Å²) in [5, 5.41) is 2.82. The summed E-state index contributed by atoms with van der Waals surface area (Å²) in [7, 11) is -3.52. The lowest BCUT2D eigenvalue weighted by molar-refractivity contribution is -0.126. The molecule has 0 spiro atoms. The monoisotopic (exact) mass is 357 g/mol. The second-order valence-corrected chi connectivity index (χ2v) is 7.94. The molecule has 9 heteroatoms. The zero-order valence-corrected chi connectivity index (χ0v) is 14.3. The molecular weight excluding hydrogens is 334 g/mol. The molecule has 0 radical (unpaired) electrons. The Morgan fingerprint density at radius 2 is 2.04 bits per heavy atom. The van der Waals surface area contributed by atoms with Crippen molar-refractivity contribution < 1.29 is 22.4 Å². The number of nitrogens with one attached hydrogen (secondary N) is 1. The quantitative estimate of drug-likeness (QED) is 0.812. The summed E-state index contributed by atoms with van der Waals surface area (Å²) < 4.78 is 38.7. The molecular formula is C15H23N3O5S. The average molecular weight is 357 g/mol. The molecule has 3 heterocycles. The van der Waals surface area contributed by atoms with Crippen LogP contribution in [0.5, 0.6) is 0 Å². The van der Waals surface area contributed by atoms with Crippen molar-refractivity contribution in [2.75, 3.05) is 39.4 Å². The summed E-state index contributed by atoms with van der Waals surface area (Å²) in [4.78, 5) is 12.3. The average Bonchev–Trinajstić information content (AvgIpc) is 3.14. The third kappa shape index (κ3) is 3.97. The van der Waals surface area contributed by atoms with Crippen molar-refractivity contribution in [1.29, 1.82) is 0 Å². The highest BCUT2D eigenvalue weighted by Crippen LogP contribution is 2.22. The van der Waals surface area contributed by atoms with E-state index in [0.29, 0.717) is 58.0 Å². The van der Waals surface area contributed by atoms with Crippen LogP contribution in [0, 0.1) is 5.92 Å². The van der Waals surface area contributed by atoms with E-state index in [4.69, 9.17) is 9.15 Å². The van der Waals surface area contributed by atoms with Gasteiger partial charge in [0.25, 0.3) is 10.2 Å². The van der Waals surface area contributed by atoms with Gasteiger partial charge in [0.05, 0.1) is 31.9 Å². The first kappa shape index (κ1) is 17.4. The fraction of sp³-hybridized carbons (Fsp3) is 0.667. The maximum atomic E-state index is 12.7. The van der Waals surface area contributed by atoms with Crippen LogP contribution in [0.4, 0.5) is 0 Å². The molecule has 1 N–H and O–H groups in total. The summed E-state index contributed by atoms with van der Waals surface area (Å²) >= 11 is 0. The SMILES string of the molecule is O=C(NCc1ccco1)C1CCCN(S(=O)(=O)N2CCOCC2)C1. The van der Waals surface area contributed by atoms with Crippen LogP contribution in [0.3, 0.4) is 0 Å². The Hall–Kier alpha value is -1.42. The van der Waals surface area contributed by atoms with Crippen LogP contribution in [-0.2, 0) is 26.3 Å². The topological polar surface area (TPSA) is 92.1 Å². The molecule has 134 valence electrons. The van der Waals surface area contributed by atoms with E-state index in [9.17, 15) is 13.2 Å². The Labute approximate surface area is 141 Å². The molecule has 2 aliphatic heterocycles. The standard InChI is InChI=1S/C15H23N3O5S/c19-15(16-11-14-4-2-8-23-14)13-3-1-5-18(12-13)24(20,21)17-6-9-22-10-7-17/h2,4,8,13H,1,3,5-7,9-12H2,(H,16,19). The molecule has 0 aromatic carbocycles. The van der Waals surface area contributed by atoms with Gasteiger partial charge in [0.1, 0.15) is 5.76 Å². The van der Waals surface area contributed by atoms with Gasteiger partial charge in [-0.05, 0) is 25.0 Å². The molecule has 1 amide bonds. The Morgan fingerprint density at radius 3 is 2.75 bits per heavy atom. The van der Waals surface area contributed by atoms with Crippen LogP contribution >= 0.6 is 0 Å². The number of carbonyl (C=O) groups is 1. The molecule has 1 unspecified atom stereocenters. The van der Waals surface area contributed by atoms with Gasteiger partial charge in [0.2, 0.25) is 5.91 Å². The number of nitrogens with zero attached hydrogens (tertiary/aromatic N) is 2. The Bertz CT molecular complexity index is 640. The summed E-state index contributed by atoms with van der Waals surface area (Å²) in [6, 6.07) is 3.55. The number of furan rings is 1. The lowest BCUT2D eigenvalue weighted by Gasteiger charge is -2.36. The van der Waals surface area contributed by atoms with E-state index in [1.807, 2.05) is 0 Å². The molecule has 2 aliphatic rings. The summed E-state index contributed by atoms with van der Waals surface area (Å²) in [5.74, 6) is 0.217. The van der Waals surface area contributed by atoms with E-state index >= 15 is 0 Å². The van der Waals surface area contributed by atoms with Crippen LogP contribution in [0.2, 0.25) is 0 Å². The maximum absolute atomic E-state index is 12.7. The van der Waals surface area contributed by atoms with E-state index < -0.39 is 10.2 Å². The molecule has 8 nitrogen and oxygen atoms in total. The fourth-order valence-corrected chi connectivity index (χ4v) is 4.70. The van der Waals surface area contributed by atoms with Crippen LogP contribution in [0.1, 0.15) is 18.6 Å². The molecule has 1 atom stereocenters. The van der Waals surface area contributed by atoms with Crippen LogP contribution in [0.15, 0.2) is 22.8 Å². The molecule has 1 aromatic rings. The number of hydrogen-bond acceptors (Lipinski definition) is 5. The van der Waals surface area contributed by atoms with Gasteiger partial charge in [-0.2, -0.15) is 17.0 Å². The largest absolute Gasteiger partial charge is 0.467 e. The Balaban J connectivity index is 1.57. The molecule has 24 heavy (non-hydrogen) atoms. The number of rotatable bonds is 5. The lowest BCUT2D eigenvalue weighted by Crippen LogP contribution is -2.52. The van der Waals surface area contributed by atoms with Crippen molar-refractivity contribution >= 4 is 16.1 Å². The highest BCUT2D eigenvalue weighted by atomic mass is 32.2. The van der Waals surface area contributed by atoms with Crippen molar-refractivity contribution in [2.24, 2.45) is 5.92 Å². The van der Waals surface area contributed by atoms with Gasteiger partial charge >= 0.3 is 0 Å². The van der Waals surface area contributed by atoms with E-state index in [-0.39, 0.29) is 18.4 Å². The smallest absolute Gasteiger partial charge is 0.282 e. The maximum Gasteiger partial charge on any atom is 0.282 e. The minimum atomic E-state index is -3.52. The van der Waals surface area contributed by atoms with Crippen molar-refractivity contribution in [2.45, 2.75) is 19.4 Å². The van der Waals surface area contributed by atoms with Gasteiger partial charge < -0.3 is 14.5 Å². The number of piperidine rings is 1. The third-order valence-electron chi connectivity index (χ3n) is 4.39. The summed E-state index contributed by atoms with van der Waals surface area (Å²) in [5.41, 5.74) is 0. The zero-order valence-electron chi connectivity index (χ0n) is 13.5. The van der Waals surface area contributed by atoms with Gasteiger partial charge in [-0.25, -0.2) is 0 Å². The molecule has 3 rings (SSSR count). The number of ether oxygens (including phenoxy) is 1. The van der Waals surface area contributed by atoms with Crippen molar-refractivity contribution in [3.63, 3.8) is 0 Å². The summed E-state index contributed by atoms with van der Waals surface area (Å²) in [6.45, 7) is 2.58. The minimum absolute atomic E-state index is 0.131. The van der Waals surface area contributed by atoms with E-state index in [2.05, 4.69) is 5.32 Å². The van der Waals surface area contributed by atoms with E-state index in [1.165, 1.54) is 8.61 Å². The van der Waals surface area contributed by atoms with Crippen LogP contribution in [0.25, 0.3) is 0 Å². The normalized spacial score (nSPS) is 23.9. The van der Waals surface area contributed by atoms with Gasteiger partial charge in [-0.3, -0.25) is 4.79 Å². The molecule has 0 bridgehead atoms. The van der Waals surface area contributed by atoms with Crippen molar-refractivity contribution in [1.82, 2.24) is 13.9 Å². The second kappa shape index (κ2) is 7.64. The lowest BCUT2D eigenvalue weighted by atomic mass is 9.99. The van der Waals surface area contributed by atoms with E-state index in [1.54, 1.807) is 18.4 Å². The number of amides is 1. The molecule has 2 saturated heterocycles. The Kier molecular flexibility index (Phi) is 5.54. The first-order valence-corrected chi connectivity index (χ1v) is 9.60. The van der Waals surface area contributed by atoms with Gasteiger partial charge in [0, 0.05) is 26.2 Å². The number of hydrogen-bond donors (Lipinski definition) is 1. The minimum Gasteiger partial charge on any atom is -0.467 e. The first-order valence-electron chi connectivity index (χ1n) is 8.20. The molecule has 1 aromatic heterocycles. The Morgan fingerprint density at radius 1 is 1.25 bits per heavy atom. The van der Waals surface area contributed by atoms with Gasteiger partial charge in [-0.1, -0.05) is 0 Å². The third-order valence-corrected chi connectivity index (χ3v) is 6.40. The first-order chi connectivity index (χ1) is 11.6. The summed E-state index contributed by atoms with van der Waals surface area (Å²) in [6.07, 6.45) is 2.93. The highest BCUT2D eigenvalue weighted by molar-refractivity contribution is 7.86. The second-order valence-electron chi connectivity index (χ2n) is 6.01. The van der Waals surface area contributed by atoms with Crippen molar-refractivity contribution in [3.05, 3.63) is 24.2 Å². The number of morpholine rings is 1. The zero-order chi connectivity index (χ0) is 17.0. The molecule has 0 aliphatic carbocycles. The number of carbonyl (C=O) groups excluding carboxylic acids is 1.